The molecule has 0 saturated carbocycles. The Morgan fingerprint density at radius 2 is 1.77 bits per heavy atom. The quantitative estimate of drug-likeness (QED) is 0.361. The topological polar surface area (TPSA) is 91.8 Å². The van der Waals surface area contributed by atoms with Crippen molar-refractivity contribution in [3.05, 3.63) is 81.3 Å². The largest absolute Gasteiger partial charge is 0.479 e. The van der Waals surface area contributed by atoms with Gasteiger partial charge in [-0.05, 0) is 36.4 Å². The van der Waals surface area contributed by atoms with E-state index in [-0.39, 0.29) is 17.7 Å². The van der Waals surface area contributed by atoms with Crippen molar-refractivity contribution in [2.75, 3.05) is 32.7 Å². The molecule has 1 fully saturated rings. The van der Waals surface area contributed by atoms with Crippen LogP contribution in [0.5, 0.6) is 5.75 Å². The lowest BCUT2D eigenvalue weighted by molar-refractivity contribution is -0.138. The molecule has 0 spiro atoms. The van der Waals surface area contributed by atoms with E-state index in [0.717, 1.165) is 44.9 Å². The van der Waals surface area contributed by atoms with Crippen molar-refractivity contribution in [3.63, 3.8) is 0 Å². The molecule has 7 rings (SSSR count). The smallest absolute Gasteiger partial charge is 0.264 e. The van der Waals surface area contributed by atoms with Crippen molar-refractivity contribution >= 4 is 50.9 Å². The first-order valence-electron chi connectivity index (χ1n) is 13.3. The molecule has 202 valence electrons. The Bertz CT molecular complexity index is 1660. The number of fused-ring (bicyclic) bond motifs is 3. The number of pyridine rings is 1. The van der Waals surface area contributed by atoms with Crippen LogP contribution in [0.15, 0.2) is 54.7 Å². The number of benzene rings is 2. The summed E-state index contributed by atoms with van der Waals surface area (Å²) in [6.45, 7) is 3.20. The predicted molar refractivity (Wildman–Crippen MR) is 153 cm³/mol. The van der Waals surface area contributed by atoms with E-state index in [2.05, 4.69) is 10.3 Å². The first-order chi connectivity index (χ1) is 19.5. The lowest BCUT2D eigenvalue weighted by atomic mass is 10.0. The Morgan fingerprint density at radius 1 is 1.02 bits per heavy atom. The maximum Gasteiger partial charge on any atom is 0.264 e. The summed E-state index contributed by atoms with van der Waals surface area (Å²) in [6.07, 6.45) is 2.19. The van der Waals surface area contributed by atoms with Crippen molar-refractivity contribution in [2.45, 2.75) is 18.9 Å². The summed E-state index contributed by atoms with van der Waals surface area (Å²) in [5.74, 6) is 0.187. The number of nitrogens with one attached hydrogen (secondary N) is 1. The molecule has 0 unspecified atom stereocenters. The number of nitrogens with zero attached hydrogens (tertiary/aromatic N) is 3. The zero-order valence-corrected chi connectivity index (χ0v) is 23.1. The fourth-order valence-corrected chi connectivity index (χ4v) is 7.11. The fraction of sp³-hybridized carbons (Fsp3) is 0.267. The molecular weight excluding hydrogens is 548 g/mol. The molecule has 1 saturated heterocycles. The Balaban J connectivity index is 1.16. The number of hydrogen-bond acceptors (Lipinski definition) is 7. The molecule has 5 heterocycles. The summed E-state index contributed by atoms with van der Waals surface area (Å²) >= 11 is 8.14. The summed E-state index contributed by atoms with van der Waals surface area (Å²) in [7, 11) is 0. The van der Waals surface area contributed by atoms with Gasteiger partial charge in [-0.2, -0.15) is 0 Å². The summed E-state index contributed by atoms with van der Waals surface area (Å²) in [5, 5.41) is 3.86. The van der Waals surface area contributed by atoms with Crippen LogP contribution in [0.4, 0.5) is 0 Å². The molecule has 10 heteroatoms. The number of halogens is 1. The Labute approximate surface area is 239 Å². The summed E-state index contributed by atoms with van der Waals surface area (Å²) in [5.41, 5.74) is 4.41. The highest BCUT2D eigenvalue weighted by atomic mass is 35.5. The number of ether oxygens (including phenoxy) is 1. The van der Waals surface area contributed by atoms with Crippen LogP contribution in [0.3, 0.4) is 0 Å². The molecule has 8 nitrogen and oxygen atoms in total. The van der Waals surface area contributed by atoms with Crippen molar-refractivity contribution in [1.82, 2.24) is 20.1 Å². The molecule has 0 bridgehead atoms. The standard InChI is InChI=1S/C30H25ClN4O4S/c31-18-13-17-14-25(30(38)34-11-8-32-9-12-34)39-26(17)23(15-18)20-5-7-33-24-16-19(40-27(20)24)6-10-35-28(36)21-3-1-2-4-22(21)29(35)37/h1-5,7,13,15-16,25,32H,6,8-12,14H2/t25-/m1/s1. The number of rotatable bonds is 5. The number of hydrogen-bond donors (Lipinski definition) is 1. The van der Waals surface area contributed by atoms with Crippen molar-refractivity contribution in [2.24, 2.45) is 0 Å². The van der Waals surface area contributed by atoms with Crippen LogP contribution < -0.4 is 10.1 Å². The number of carbonyl (C=O) groups is 3. The summed E-state index contributed by atoms with van der Waals surface area (Å²) in [6, 6.07) is 14.6. The second-order valence-corrected chi connectivity index (χ2v) is 11.7. The Morgan fingerprint density at radius 3 is 2.52 bits per heavy atom. The molecule has 3 aliphatic rings. The molecule has 3 aliphatic heterocycles. The van der Waals surface area contributed by atoms with Crippen molar-refractivity contribution in [3.8, 4) is 16.9 Å². The second-order valence-electron chi connectivity index (χ2n) is 10.2. The van der Waals surface area contributed by atoms with Gasteiger partial charge in [0.1, 0.15) is 5.75 Å². The number of carbonyl (C=O) groups excluding carboxylic acids is 3. The van der Waals surface area contributed by atoms with E-state index in [4.69, 9.17) is 16.3 Å². The molecular formula is C30H25ClN4O4S. The van der Waals surface area contributed by atoms with Gasteiger partial charge in [-0.15, -0.1) is 11.3 Å². The van der Waals surface area contributed by atoms with Gasteiger partial charge < -0.3 is 15.0 Å². The number of amides is 3. The zero-order chi connectivity index (χ0) is 27.4. The predicted octanol–water partition coefficient (Wildman–Crippen LogP) is 4.19. The first kappa shape index (κ1) is 25.2. The van der Waals surface area contributed by atoms with Crippen molar-refractivity contribution in [1.29, 1.82) is 0 Å². The minimum Gasteiger partial charge on any atom is -0.479 e. The van der Waals surface area contributed by atoms with Crippen LogP contribution in [0.25, 0.3) is 21.3 Å². The average Bonchev–Trinajstić information content (AvgIpc) is 3.66. The molecule has 1 atom stereocenters. The van der Waals surface area contributed by atoms with E-state index in [9.17, 15) is 14.4 Å². The third-order valence-corrected chi connectivity index (χ3v) is 9.15. The fourth-order valence-electron chi connectivity index (χ4n) is 5.74. The number of thiophene rings is 1. The lowest BCUT2D eigenvalue weighted by Crippen LogP contribution is -2.50. The highest BCUT2D eigenvalue weighted by Gasteiger charge is 2.36. The van der Waals surface area contributed by atoms with Crippen LogP contribution in [-0.4, -0.2) is 71.3 Å². The van der Waals surface area contributed by atoms with Gasteiger partial charge in [0.25, 0.3) is 17.7 Å². The molecule has 0 aliphatic carbocycles. The highest BCUT2D eigenvalue weighted by molar-refractivity contribution is 7.19. The Hall–Kier alpha value is -3.79. The van der Waals surface area contributed by atoms with Gasteiger partial charge in [-0.1, -0.05) is 23.7 Å². The molecule has 3 amide bonds. The van der Waals surface area contributed by atoms with Crippen LogP contribution >= 0.6 is 22.9 Å². The van der Waals surface area contributed by atoms with Gasteiger partial charge in [0, 0.05) is 78.4 Å². The summed E-state index contributed by atoms with van der Waals surface area (Å²) < 4.78 is 7.28. The van der Waals surface area contributed by atoms with Gasteiger partial charge in [0.05, 0.1) is 21.3 Å². The van der Waals surface area contributed by atoms with Crippen molar-refractivity contribution < 1.29 is 19.1 Å². The Kier molecular flexibility index (Phi) is 6.30. The molecule has 4 aromatic rings. The second kappa shape index (κ2) is 9.99. The lowest BCUT2D eigenvalue weighted by Gasteiger charge is -2.29. The SMILES string of the molecule is O=C([C@H]1Cc2cc(Cl)cc(-c3ccnc4cc(CCN5C(=O)c6ccccc6C5=O)sc34)c2O1)N1CCNCC1. The van der Waals surface area contributed by atoms with Gasteiger partial charge in [0.15, 0.2) is 6.10 Å². The zero-order valence-electron chi connectivity index (χ0n) is 21.5. The number of piperazine rings is 1. The number of imide groups is 1. The van der Waals surface area contributed by atoms with Crippen LogP contribution in [0.2, 0.25) is 5.02 Å². The third kappa shape index (κ3) is 4.25. The van der Waals surface area contributed by atoms with E-state index >= 15 is 0 Å². The number of aromatic nitrogens is 1. The third-order valence-electron chi connectivity index (χ3n) is 7.71. The van der Waals surface area contributed by atoms with E-state index in [1.54, 1.807) is 41.8 Å². The van der Waals surface area contributed by atoms with E-state index < -0.39 is 6.10 Å². The maximum atomic E-state index is 13.2. The molecule has 1 N–H and O–H groups in total. The first-order valence-corrected chi connectivity index (χ1v) is 14.5. The summed E-state index contributed by atoms with van der Waals surface area (Å²) in [4.78, 5) is 47.5. The average molecular weight is 573 g/mol. The maximum absolute atomic E-state index is 13.2. The van der Waals surface area contributed by atoms with E-state index in [1.807, 2.05) is 29.2 Å². The molecule has 2 aromatic carbocycles. The van der Waals surface area contributed by atoms with E-state index in [0.29, 0.717) is 54.4 Å². The normalized spacial score (nSPS) is 18.3. The van der Waals surface area contributed by atoms with Gasteiger partial charge in [-0.25, -0.2) is 0 Å². The van der Waals surface area contributed by atoms with Crippen LogP contribution in [0, 0.1) is 0 Å². The van der Waals surface area contributed by atoms with Gasteiger partial charge >= 0.3 is 0 Å². The highest BCUT2D eigenvalue weighted by Crippen LogP contribution is 2.45. The van der Waals surface area contributed by atoms with Crippen LogP contribution in [-0.2, 0) is 17.6 Å². The minimum absolute atomic E-state index is 0.00575. The minimum atomic E-state index is -0.568. The van der Waals surface area contributed by atoms with Gasteiger partial charge in [-0.3, -0.25) is 24.3 Å². The monoisotopic (exact) mass is 572 g/mol. The molecule has 40 heavy (non-hydrogen) atoms. The molecule has 0 radical (unpaired) electrons. The molecule has 2 aromatic heterocycles. The van der Waals surface area contributed by atoms with Crippen LogP contribution in [0.1, 0.15) is 31.2 Å². The van der Waals surface area contributed by atoms with Gasteiger partial charge in [0.2, 0.25) is 0 Å². The van der Waals surface area contributed by atoms with E-state index in [1.165, 1.54) is 4.90 Å².